The summed E-state index contributed by atoms with van der Waals surface area (Å²) in [6.07, 6.45) is -4.77. The van der Waals surface area contributed by atoms with Crippen LogP contribution in [-0.2, 0) is 16.0 Å². The lowest BCUT2D eigenvalue weighted by Gasteiger charge is -2.26. The standard InChI is InChI=1S/C20H17Cl2F4NO3/c1-10(20(24,25)26)18(12-4-6-13(21)15(23)9-12)19(30)27-16-8-11(2-5-14(16)22)3-7-17(28)29/h2,4-6,8-10,18H,3,7H2,1H3,(H,27,30)(H,28,29)/t10-,18+/m1/s1. The van der Waals surface area contributed by atoms with Gasteiger partial charge in [0.2, 0.25) is 5.91 Å². The molecule has 1 amide bonds. The van der Waals surface area contributed by atoms with E-state index in [2.05, 4.69) is 5.32 Å². The summed E-state index contributed by atoms with van der Waals surface area (Å²) in [5.41, 5.74) is 0.353. The fourth-order valence-electron chi connectivity index (χ4n) is 2.85. The second kappa shape index (κ2) is 9.66. The van der Waals surface area contributed by atoms with Gasteiger partial charge in [-0.3, -0.25) is 9.59 Å². The highest BCUT2D eigenvalue weighted by Crippen LogP contribution is 2.39. The van der Waals surface area contributed by atoms with Crippen LogP contribution in [0.2, 0.25) is 10.0 Å². The molecule has 0 fully saturated rings. The summed E-state index contributed by atoms with van der Waals surface area (Å²) < 4.78 is 54.0. The van der Waals surface area contributed by atoms with E-state index in [9.17, 15) is 27.2 Å². The van der Waals surface area contributed by atoms with Crippen molar-refractivity contribution in [2.24, 2.45) is 5.92 Å². The number of carbonyl (C=O) groups excluding carboxylic acids is 1. The summed E-state index contributed by atoms with van der Waals surface area (Å²) in [6.45, 7) is 0.821. The minimum atomic E-state index is -4.73. The molecule has 0 saturated carbocycles. The lowest BCUT2D eigenvalue weighted by molar-refractivity contribution is -0.178. The summed E-state index contributed by atoms with van der Waals surface area (Å²) in [5.74, 6) is -6.92. The number of anilines is 1. The van der Waals surface area contributed by atoms with Crippen LogP contribution < -0.4 is 5.32 Å². The molecule has 0 aromatic heterocycles. The zero-order valence-electron chi connectivity index (χ0n) is 15.6. The molecule has 0 saturated heterocycles. The quantitative estimate of drug-likeness (QED) is 0.487. The Bertz CT molecular complexity index is 950. The molecule has 2 aromatic rings. The van der Waals surface area contributed by atoms with Crippen molar-refractivity contribution in [1.82, 2.24) is 0 Å². The normalized spacial score (nSPS) is 13.6. The zero-order valence-corrected chi connectivity index (χ0v) is 17.1. The third kappa shape index (κ3) is 6.09. The Kier molecular flexibility index (Phi) is 7.71. The number of benzene rings is 2. The average Bonchev–Trinajstić information content (AvgIpc) is 2.64. The Morgan fingerprint density at radius 2 is 1.73 bits per heavy atom. The molecule has 10 heteroatoms. The van der Waals surface area contributed by atoms with Gasteiger partial charge in [-0.1, -0.05) is 42.3 Å². The second-order valence-corrected chi connectivity index (χ2v) is 7.49. The van der Waals surface area contributed by atoms with Crippen molar-refractivity contribution in [2.75, 3.05) is 5.32 Å². The number of rotatable bonds is 7. The molecule has 0 heterocycles. The predicted octanol–water partition coefficient (Wildman–Crippen LogP) is 6.07. The minimum Gasteiger partial charge on any atom is -0.481 e. The highest BCUT2D eigenvalue weighted by Gasteiger charge is 2.45. The first-order valence-electron chi connectivity index (χ1n) is 8.73. The lowest BCUT2D eigenvalue weighted by atomic mass is 9.85. The van der Waals surface area contributed by atoms with Crippen LogP contribution in [-0.4, -0.2) is 23.2 Å². The van der Waals surface area contributed by atoms with Crippen LogP contribution in [0.15, 0.2) is 36.4 Å². The van der Waals surface area contributed by atoms with Gasteiger partial charge >= 0.3 is 12.1 Å². The Balaban J connectivity index is 2.38. The van der Waals surface area contributed by atoms with Gasteiger partial charge in [0.15, 0.2) is 0 Å². The minimum absolute atomic E-state index is 0.0263. The molecule has 0 aliphatic rings. The highest BCUT2D eigenvalue weighted by molar-refractivity contribution is 6.33. The molecule has 2 atom stereocenters. The van der Waals surface area contributed by atoms with Crippen LogP contribution in [0, 0.1) is 11.7 Å². The second-order valence-electron chi connectivity index (χ2n) is 6.68. The van der Waals surface area contributed by atoms with Crippen LogP contribution in [0.3, 0.4) is 0 Å². The molecule has 2 N–H and O–H groups in total. The topological polar surface area (TPSA) is 66.4 Å². The van der Waals surface area contributed by atoms with Gasteiger partial charge in [-0.25, -0.2) is 4.39 Å². The number of aliphatic carboxylic acids is 1. The lowest BCUT2D eigenvalue weighted by Crippen LogP contribution is -2.34. The number of carboxylic acids is 1. The Morgan fingerprint density at radius 3 is 2.30 bits per heavy atom. The van der Waals surface area contributed by atoms with Gasteiger partial charge in [-0.2, -0.15) is 13.2 Å². The van der Waals surface area contributed by atoms with E-state index >= 15 is 0 Å². The first kappa shape index (κ1) is 24.0. The highest BCUT2D eigenvalue weighted by atomic mass is 35.5. The fourth-order valence-corrected chi connectivity index (χ4v) is 3.13. The van der Waals surface area contributed by atoms with E-state index < -0.39 is 35.7 Å². The molecular formula is C20H17Cl2F4NO3. The van der Waals surface area contributed by atoms with Gasteiger partial charge < -0.3 is 10.4 Å². The molecule has 30 heavy (non-hydrogen) atoms. The Morgan fingerprint density at radius 1 is 1.10 bits per heavy atom. The first-order valence-corrected chi connectivity index (χ1v) is 9.48. The van der Waals surface area contributed by atoms with Crippen LogP contribution in [0.4, 0.5) is 23.2 Å². The van der Waals surface area contributed by atoms with Gasteiger partial charge in [0.1, 0.15) is 5.82 Å². The van der Waals surface area contributed by atoms with Gasteiger partial charge in [0.25, 0.3) is 0 Å². The number of carbonyl (C=O) groups is 2. The maximum Gasteiger partial charge on any atom is 0.392 e. The van der Waals surface area contributed by atoms with Crippen LogP contribution in [0.25, 0.3) is 0 Å². The SMILES string of the molecule is C[C@H]([C@H](C(=O)Nc1cc(CCC(=O)O)ccc1Cl)c1ccc(Cl)c(F)c1)C(F)(F)F. The van der Waals surface area contributed by atoms with E-state index in [0.29, 0.717) is 5.56 Å². The van der Waals surface area contributed by atoms with E-state index in [1.165, 1.54) is 12.1 Å². The van der Waals surface area contributed by atoms with Crippen molar-refractivity contribution in [3.63, 3.8) is 0 Å². The molecule has 0 spiro atoms. The molecule has 4 nitrogen and oxygen atoms in total. The molecule has 0 aliphatic heterocycles. The number of alkyl halides is 3. The average molecular weight is 466 g/mol. The molecule has 2 aromatic carbocycles. The summed E-state index contributed by atoms with van der Waals surface area (Å²) in [6, 6.07) is 7.36. The van der Waals surface area contributed by atoms with Crippen LogP contribution >= 0.6 is 23.2 Å². The zero-order chi connectivity index (χ0) is 22.6. The molecule has 0 unspecified atom stereocenters. The van der Waals surface area contributed by atoms with E-state index in [1.807, 2.05) is 0 Å². The third-order valence-corrected chi connectivity index (χ3v) is 5.15. The molecule has 0 bridgehead atoms. The van der Waals surface area contributed by atoms with E-state index in [-0.39, 0.29) is 34.1 Å². The van der Waals surface area contributed by atoms with Gasteiger partial charge in [-0.15, -0.1) is 0 Å². The van der Waals surface area contributed by atoms with Gasteiger partial charge in [-0.05, 0) is 41.8 Å². The van der Waals surface area contributed by atoms with E-state index in [0.717, 1.165) is 25.1 Å². The van der Waals surface area contributed by atoms with Gasteiger partial charge in [0, 0.05) is 6.42 Å². The summed E-state index contributed by atoms with van der Waals surface area (Å²) >= 11 is 11.6. The predicted molar refractivity (Wildman–Crippen MR) is 105 cm³/mol. The largest absolute Gasteiger partial charge is 0.481 e. The number of halogens is 6. The molecule has 2 rings (SSSR count). The number of amides is 1. The van der Waals surface area contributed by atoms with Gasteiger partial charge in [0.05, 0.1) is 27.6 Å². The number of carboxylic acid groups (broad SMARTS) is 1. The maximum atomic E-state index is 13.8. The van der Waals surface area contributed by atoms with Crippen molar-refractivity contribution in [2.45, 2.75) is 31.9 Å². The Hall–Kier alpha value is -2.32. The van der Waals surface area contributed by atoms with Crippen molar-refractivity contribution in [3.8, 4) is 0 Å². The van der Waals surface area contributed by atoms with Crippen molar-refractivity contribution < 1.29 is 32.3 Å². The number of hydrogen-bond donors (Lipinski definition) is 2. The molecular weight excluding hydrogens is 449 g/mol. The number of aryl methyl sites for hydroxylation is 1. The third-order valence-electron chi connectivity index (χ3n) is 4.52. The summed E-state index contributed by atoms with van der Waals surface area (Å²) in [4.78, 5) is 23.5. The molecule has 162 valence electrons. The summed E-state index contributed by atoms with van der Waals surface area (Å²) in [5, 5.41) is 10.9. The molecule has 0 radical (unpaired) electrons. The van der Waals surface area contributed by atoms with Crippen LogP contribution in [0.5, 0.6) is 0 Å². The van der Waals surface area contributed by atoms with Crippen molar-refractivity contribution in [1.29, 1.82) is 0 Å². The number of nitrogens with one attached hydrogen (secondary N) is 1. The number of hydrogen-bond acceptors (Lipinski definition) is 2. The maximum absolute atomic E-state index is 13.8. The summed E-state index contributed by atoms with van der Waals surface area (Å²) in [7, 11) is 0. The fraction of sp³-hybridized carbons (Fsp3) is 0.300. The monoisotopic (exact) mass is 465 g/mol. The first-order chi connectivity index (χ1) is 13.9. The smallest absolute Gasteiger partial charge is 0.392 e. The van der Waals surface area contributed by atoms with E-state index in [4.69, 9.17) is 28.3 Å². The van der Waals surface area contributed by atoms with Crippen LogP contribution in [0.1, 0.15) is 30.4 Å². The van der Waals surface area contributed by atoms with Crippen molar-refractivity contribution >= 4 is 40.8 Å². The molecule has 0 aliphatic carbocycles. The van der Waals surface area contributed by atoms with E-state index in [1.54, 1.807) is 6.07 Å². The Labute approximate surface area is 179 Å². The van der Waals surface area contributed by atoms with Crippen molar-refractivity contribution in [3.05, 3.63) is 63.4 Å².